The Morgan fingerprint density at radius 1 is 1.17 bits per heavy atom. The van der Waals surface area contributed by atoms with Crippen LogP contribution in [0, 0.1) is 21.4 Å². The fourth-order valence-corrected chi connectivity index (χ4v) is 3.94. The van der Waals surface area contributed by atoms with Crippen LogP contribution in [0.25, 0.3) is 6.08 Å². The zero-order chi connectivity index (χ0) is 26.2. The summed E-state index contributed by atoms with van der Waals surface area (Å²) >= 11 is 15.2. The maximum Gasteiger partial charge on any atom is 0.289 e. The number of nitrogens with zero attached hydrogens (tertiary/aromatic N) is 2. The minimum atomic E-state index is -0.744. The molecular formula is C25H18BrCl2N3O5. The summed E-state index contributed by atoms with van der Waals surface area (Å²) in [5.41, 5.74) is 0.939. The van der Waals surface area contributed by atoms with Crippen LogP contribution in [0.1, 0.15) is 18.1 Å². The molecule has 1 amide bonds. The van der Waals surface area contributed by atoms with Crippen LogP contribution in [0.5, 0.6) is 11.5 Å². The first kappa shape index (κ1) is 27.0. The van der Waals surface area contributed by atoms with Crippen LogP contribution in [-0.2, 0) is 11.4 Å². The molecule has 184 valence electrons. The number of halogens is 3. The summed E-state index contributed by atoms with van der Waals surface area (Å²) in [7, 11) is 0. The predicted octanol–water partition coefficient (Wildman–Crippen LogP) is 7.19. The van der Waals surface area contributed by atoms with Gasteiger partial charge >= 0.3 is 0 Å². The third kappa shape index (κ3) is 6.98. The second kappa shape index (κ2) is 12.4. The topological polar surface area (TPSA) is 114 Å². The SMILES string of the molecule is CCOc1cc(/C=C(\C#N)C(=O)Nc2ccc(Cl)c([N+](=O)[O-])c2)cc(Br)c1OCc1ccc(Cl)cc1. The Morgan fingerprint density at radius 3 is 2.53 bits per heavy atom. The first-order valence-electron chi connectivity index (χ1n) is 10.4. The van der Waals surface area contributed by atoms with E-state index in [2.05, 4.69) is 21.2 Å². The van der Waals surface area contributed by atoms with Gasteiger partial charge in [-0.1, -0.05) is 35.3 Å². The molecule has 0 saturated carbocycles. The van der Waals surface area contributed by atoms with E-state index in [4.69, 9.17) is 32.7 Å². The lowest BCUT2D eigenvalue weighted by Crippen LogP contribution is -2.13. The number of nitro groups is 1. The summed E-state index contributed by atoms with van der Waals surface area (Å²) in [6, 6.07) is 16.2. The highest BCUT2D eigenvalue weighted by molar-refractivity contribution is 9.10. The summed E-state index contributed by atoms with van der Waals surface area (Å²) in [6.45, 7) is 2.45. The highest BCUT2D eigenvalue weighted by Gasteiger charge is 2.17. The molecule has 0 saturated heterocycles. The minimum absolute atomic E-state index is 0.0688. The number of amides is 1. The zero-order valence-electron chi connectivity index (χ0n) is 18.8. The standard InChI is InChI=1S/C25H18BrCl2N3O5/c1-2-35-23-11-16(10-20(26)24(23)36-14-15-3-5-18(27)6-4-15)9-17(13-29)25(32)30-19-7-8-21(28)22(12-19)31(33)34/h3-12H,2,14H2,1H3,(H,30,32)/b17-9+. The Morgan fingerprint density at radius 2 is 1.89 bits per heavy atom. The fourth-order valence-electron chi connectivity index (χ4n) is 3.05. The van der Waals surface area contributed by atoms with Crippen LogP contribution in [0.2, 0.25) is 10.0 Å². The van der Waals surface area contributed by atoms with Crippen molar-refractivity contribution in [3.63, 3.8) is 0 Å². The van der Waals surface area contributed by atoms with Gasteiger partial charge < -0.3 is 14.8 Å². The molecule has 0 fully saturated rings. The normalized spacial score (nSPS) is 10.9. The van der Waals surface area contributed by atoms with E-state index in [1.165, 1.54) is 18.2 Å². The van der Waals surface area contributed by atoms with Crippen LogP contribution < -0.4 is 14.8 Å². The van der Waals surface area contributed by atoms with Crippen LogP contribution in [0.15, 0.2) is 64.6 Å². The number of carbonyl (C=O) groups is 1. The average Bonchev–Trinajstić information content (AvgIpc) is 2.84. The Hall–Kier alpha value is -3.58. The molecular weight excluding hydrogens is 573 g/mol. The van der Waals surface area contributed by atoms with E-state index in [1.807, 2.05) is 25.1 Å². The van der Waals surface area contributed by atoms with Gasteiger partial charge in [-0.15, -0.1) is 0 Å². The molecule has 0 atom stereocenters. The van der Waals surface area contributed by atoms with Crippen molar-refractivity contribution >= 4 is 62.5 Å². The molecule has 3 aromatic rings. The summed E-state index contributed by atoms with van der Waals surface area (Å²) in [5.74, 6) is 0.129. The lowest BCUT2D eigenvalue weighted by atomic mass is 10.1. The van der Waals surface area contributed by atoms with Gasteiger partial charge in [0.1, 0.15) is 23.3 Å². The number of nitriles is 1. The summed E-state index contributed by atoms with van der Waals surface area (Å²) in [5, 5.41) is 23.7. The molecule has 3 aromatic carbocycles. The molecule has 0 aliphatic heterocycles. The van der Waals surface area contributed by atoms with Gasteiger partial charge in [-0.3, -0.25) is 14.9 Å². The fraction of sp³-hybridized carbons (Fsp3) is 0.120. The van der Waals surface area contributed by atoms with Crippen LogP contribution in [0.3, 0.4) is 0 Å². The maximum absolute atomic E-state index is 12.7. The molecule has 0 bridgehead atoms. The third-order valence-electron chi connectivity index (χ3n) is 4.70. The predicted molar refractivity (Wildman–Crippen MR) is 141 cm³/mol. The first-order valence-corrected chi connectivity index (χ1v) is 12.0. The first-order chi connectivity index (χ1) is 17.2. The van der Waals surface area contributed by atoms with Gasteiger partial charge in [-0.25, -0.2) is 0 Å². The Kier molecular flexibility index (Phi) is 9.31. The molecule has 0 heterocycles. The molecule has 0 aliphatic rings. The second-order valence-corrected chi connectivity index (χ2v) is 8.92. The lowest BCUT2D eigenvalue weighted by Gasteiger charge is -2.15. The molecule has 0 aromatic heterocycles. The molecule has 0 radical (unpaired) electrons. The molecule has 0 unspecified atom stereocenters. The van der Waals surface area contributed by atoms with Crippen molar-refractivity contribution in [1.82, 2.24) is 0 Å². The van der Waals surface area contributed by atoms with Gasteiger partial charge in [-0.2, -0.15) is 5.26 Å². The van der Waals surface area contributed by atoms with Gasteiger partial charge in [0.2, 0.25) is 0 Å². The summed E-state index contributed by atoms with van der Waals surface area (Å²) < 4.78 is 12.2. The lowest BCUT2D eigenvalue weighted by molar-refractivity contribution is -0.384. The number of rotatable bonds is 9. The number of nitro benzene ring substituents is 1. The molecule has 0 aliphatic carbocycles. The smallest absolute Gasteiger partial charge is 0.289 e. The number of hydrogen-bond donors (Lipinski definition) is 1. The number of benzene rings is 3. The van der Waals surface area contributed by atoms with Crippen molar-refractivity contribution < 1.29 is 19.2 Å². The Balaban J connectivity index is 1.85. The largest absolute Gasteiger partial charge is 0.490 e. The third-order valence-corrected chi connectivity index (χ3v) is 5.87. The van der Waals surface area contributed by atoms with Gasteiger partial charge in [-0.05, 0) is 76.5 Å². The molecule has 0 spiro atoms. The van der Waals surface area contributed by atoms with E-state index < -0.39 is 10.8 Å². The number of ether oxygens (including phenoxy) is 2. The van der Waals surface area contributed by atoms with E-state index in [-0.39, 0.29) is 28.6 Å². The average molecular weight is 591 g/mol. The van der Waals surface area contributed by atoms with E-state index >= 15 is 0 Å². The van der Waals surface area contributed by atoms with E-state index in [0.717, 1.165) is 11.6 Å². The van der Waals surface area contributed by atoms with Crippen LogP contribution >= 0.6 is 39.1 Å². The summed E-state index contributed by atoms with van der Waals surface area (Å²) in [6.07, 6.45) is 1.37. The number of hydrogen-bond acceptors (Lipinski definition) is 6. The second-order valence-electron chi connectivity index (χ2n) is 7.23. The summed E-state index contributed by atoms with van der Waals surface area (Å²) in [4.78, 5) is 23.1. The number of nitrogens with one attached hydrogen (secondary N) is 1. The molecule has 11 heteroatoms. The van der Waals surface area contributed by atoms with E-state index in [0.29, 0.717) is 33.2 Å². The quantitative estimate of drug-likeness (QED) is 0.122. The molecule has 36 heavy (non-hydrogen) atoms. The Labute approximate surface area is 225 Å². The van der Waals surface area contributed by atoms with Crippen molar-refractivity contribution in [3.8, 4) is 17.6 Å². The van der Waals surface area contributed by atoms with Gasteiger partial charge in [0.25, 0.3) is 11.6 Å². The van der Waals surface area contributed by atoms with Gasteiger partial charge in [0.05, 0.1) is 16.0 Å². The van der Waals surface area contributed by atoms with Crippen molar-refractivity contribution in [2.45, 2.75) is 13.5 Å². The van der Waals surface area contributed by atoms with E-state index in [1.54, 1.807) is 24.3 Å². The van der Waals surface area contributed by atoms with Crippen molar-refractivity contribution in [1.29, 1.82) is 5.26 Å². The van der Waals surface area contributed by atoms with Crippen molar-refractivity contribution in [2.24, 2.45) is 0 Å². The molecule has 3 rings (SSSR count). The van der Waals surface area contributed by atoms with Crippen LogP contribution in [-0.4, -0.2) is 17.4 Å². The molecule has 8 nitrogen and oxygen atoms in total. The monoisotopic (exact) mass is 589 g/mol. The number of anilines is 1. The van der Waals surface area contributed by atoms with Crippen LogP contribution in [0.4, 0.5) is 11.4 Å². The number of carbonyl (C=O) groups excluding carboxylic acids is 1. The Bertz CT molecular complexity index is 1370. The maximum atomic E-state index is 12.7. The highest BCUT2D eigenvalue weighted by Crippen LogP contribution is 2.38. The highest BCUT2D eigenvalue weighted by atomic mass is 79.9. The van der Waals surface area contributed by atoms with E-state index in [9.17, 15) is 20.2 Å². The van der Waals surface area contributed by atoms with Crippen molar-refractivity contribution in [2.75, 3.05) is 11.9 Å². The zero-order valence-corrected chi connectivity index (χ0v) is 21.9. The molecule has 1 N–H and O–H groups in total. The minimum Gasteiger partial charge on any atom is -0.490 e. The van der Waals surface area contributed by atoms with Gasteiger partial charge in [0.15, 0.2) is 11.5 Å². The van der Waals surface area contributed by atoms with Crippen molar-refractivity contribution in [3.05, 3.63) is 95.9 Å². The van der Waals surface area contributed by atoms with Gasteiger partial charge in [0, 0.05) is 16.8 Å².